The number of carbonyl (C=O) groups is 1. The van der Waals surface area contributed by atoms with Crippen molar-refractivity contribution in [2.75, 3.05) is 18.9 Å². The second kappa shape index (κ2) is 9.11. The number of likely N-dealkylation sites (N-methyl/N-ethyl adjacent to an activating group) is 1. The number of hydrogen-bond donors (Lipinski definition) is 1. The minimum Gasteiger partial charge on any atom is -0.465 e. The standard InChI is InChI=1S/C17H27NO2S/c1-5-18-17(4,16(19)20-6-2)10-11-21-13-15-9-7-8-14(3)12-15/h7-9,12,18H,5-6,10-11,13H2,1-4H3. The van der Waals surface area contributed by atoms with Crippen LogP contribution in [0, 0.1) is 6.92 Å². The molecule has 3 nitrogen and oxygen atoms in total. The van der Waals surface area contributed by atoms with Gasteiger partial charge in [0.15, 0.2) is 0 Å². The molecule has 0 aliphatic heterocycles. The van der Waals surface area contributed by atoms with Crippen molar-refractivity contribution in [3.8, 4) is 0 Å². The molecule has 0 aliphatic rings. The number of hydrogen-bond acceptors (Lipinski definition) is 4. The second-order valence-corrected chi connectivity index (χ2v) is 6.48. The fraction of sp³-hybridized carbons (Fsp3) is 0.588. The van der Waals surface area contributed by atoms with Crippen LogP contribution in [0.1, 0.15) is 38.3 Å². The highest BCUT2D eigenvalue weighted by Gasteiger charge is 2.33. The molecule has 0 bridgehead atoms. The lowest BCUT2D eigenvalue weighted by atomic mass is 9.99. The highest BCUT2D eigenvalue weighted by molar-refractivity contribution is 7.98. The zero-order valence-corrected chi connectivity index (χ0v) is 14.4. The van der Waals surface area contributed by atoms with Gasteiger partial charge in [-0.15, -0.1) is 0 Å². The monoisotopic (exact) mass is 309 g/mol. The van der Waals surface area contributed by atoms with Crippen LogP contribution in [0.2, 0.25) is 0 Å². The maximum atomic E-state index is 12.1. The van der Waals surface area contributed by atoms with E-state index < -0.39 is 5.54 Å². The molecule has 0 spiro atoms. The number of ether oxygens (including phenoxy) is 1. The van der Waals surface area contributed by atoms with Gasteiger partial charge in [-0.3, -0.25) is 4.79 Å². The highest BCUT2D eigenvalue weighted by atomic mass is 32.2. The summed E-state index contributed by atoms with van der Waals surface area (Å²) in [5, 5.41) is 3.26. The first kappa shape index (κ1) is 18.1. The normalized spacial score (nSPS) is 13.7. The maximum Gasteiger partial charge on any atom is 0.326 e. The molecule has 0 saturated heterocycles. The number of esters is 1. The third-order valence-electron chi connectivity index (χ3n) is 3.39. The largest absolute Gasteiger partial charge is 0.465 e. The van der Waals surface area contributed by atoms with Gasteiger partial charge in [-0.25, -0.2) is 0 Å². The third-order valence-corrected chi connectivity index (χ3v) is 4.42. The molecule has 21 heavy (non-hydrogen) atoms. The van der Waals surface area contributed by atoms with Crippen molar-refractivity contribution in [3.05, 3.63) is 35.4 Å². The SMILES string of the molecule is CCNC(C)(CCSCc1cccc(C)c1)C(=O)OCC. The molecule has 1 aromatic carbocycles. The average Bonchev–Trinajstić information content (AvgIpc) is 2.44. The Morgan fingerprint density at radius 1 is 1.38 bits per heavy atom. The predicted octanol–water partition coefficient (Wildman–Crippen LogP) is 3.55. The molecule has 1 N–H and O–H groups in total. The van der Waals surface area contributed by atoms with Crippen LogP contribution in [-0.4, -0.2) is 30.4 Å². The average molecular weight is 309 g/mol. The fourth-order valence-electron chi connectivity index (χ4n) is 2.21. The summed E-state index contributed by atoms with van der Waals surface area (Å²) in [5.74, 6) is 1.76. The Hall–Kier alpha value is -1.00. The lowest BCUT2D eigenvalue weighted by Gasteiger charge is -2.28. The van der Waals surface area contributed by atoms with Crippen molar-refractivity contribution in [1.29, 1.82) is 0 Å². The number of carbonyl (C=O) groups excluding carboxylic acids is 1. The summed E-state index contributed by atoms with van der Waals surface area (Å²) < 4.78 is 5.18. The first-order valence-electron chi connectivity index (χ1n) is 7.57. The number of aryl methyl sites for hydroxylation is 1. The molecule has 0 amide bonds. The van der Waals surface area contributed by atoms with Crippen LogP contribution in [0.15, 0.2) is 24.3 Å². The molecule has 1 aromatic rings. The van der Waals surface area contributed by atoms with Crippen LogP contribution < -0.4 is 5.32 Å². The van der Waals surface area contributed by atoms with E-state index in [4.69, 9.17) is 4.74 Å². The number of rotatable bonds is 9. The van der Waals surface area contributed by atoms with Gasteiger partial charge >= 0.3 is 5.97 Å². The summed E-state index contributed by atoms with van der Waals surface area (Å²) in [4.78, 5) is 12.1. The molecule has 4 heteroatoms. The third kappa shape index (κ3) is 6.10. The van der Waals surface area contributed by atoms with E-state index in [0.29, 0.717) is 6.61 Å². The van der Waals surface area contributed by atoms with Gasteiger partial charge in [0.2, 0.25) is 0 Å². The van der Waals surface area contributed by atoms with Gasteiger partial charge in [0, 0.05) is 5.75 Å². The number of thioether (sulfide) groups is 1. The van der Waals surface area contributed by atoms with Crippen LogP contribution >= 0.6 is 11.8 Å². The van der Waals surface area contributed by atoms with Crippen LogP contribution in [0.5, 0.6) is 0 Å². The van der Waals surface area contributed by atoms with E-state index in [1.54, 1.807) is 0 Å². The topological polar surface area (TPSA) is 38.3 Å². The summed E-state index contributed by atoms with van der Waals surface area (Å²) >= 11 is 1.86. The number of nitrogens with one attached hydrogen (secondary N) is 1. The molecular formula is C17H27NO2S. The van der Waals surface area contributed by atoms with E-state index in [2.05, 4.69) is 36.5 Å². The first-order chi connectivity index (χ1) is 10.0. The van der Waals surface area contributed by atoms with Crippen LogP contribution in [0.25, 0.3) is 0 Å². The van der Waals surface area contributed by atoms with Gasteiger partial charge in [-0.05, 0) is 45.1 Å². The minimum absolute atomic E-state index is 0.150. The van der Waals surface area contributed by atoms with Gasteiger partial charge in [0.1, 0.15) is 5.54 Å². The van der Waals surface area contributed by atoms with E-state index in [0.717, 1.165) is 24.5 Å². The highest BCUT2D eigenvalue weighted by Crippen LogP contribution is 2.20. The fourth-order valence-corrected chi connectivity index (χ4v) is 3.32. The van der Waals surface area contributed by atoms with Gasteiger partial charge in [0.05, 0.1) is 6.61 Å². The van der Waals surface area contributed by atoms with Crippen molar-refractivity contribution in [3.63, 3.8) is 0 Å². The van der Waals surface area contributed by atoms with Crippen molar-refractivity contribution in [2.45, 2.75) is 45.4 Å². The zero-order valence-electron chi connectivity index (χ0n) is 13.6. The smallest absolute Gasteiger partial charge is 0.326 e. The zero-order chi connectivity index (χ0) is 15.7. The Kier molecular flexibility index (Phi) is 7.83. The van der Waals surface area contributed by atoms with E-state index >= 15 is 0 Å². The second-order valence-electron chi connectivity index (χ2n) is 5.37. The molecule has 0 fully saturated rings. The minimum atomic E-state index is -0.579. The molecule has 0 heterocycles. The maximum absolute atomic E-state index is 12.1. The molecule has 1 unspecified atom stereocenters. The Bertz CT molecular complexity index is 450. The number of benzene rings is 1. The molecule has 0 saturated carbocycles. The summed E-state index contributed by atoms with van der Waals surface area (Å²) in [5.41, 5.74) is 2.04. The quantitative estimate of drug-likeness (QED) is 0.559. The molecule has 0 aliphatic carbocycles. The van der Waals surface area contributed by atoms with E-state index in [1.807, 2.05) is 32.5 Å². The van der Waals surface area contributed by atoms with Crippen molar-refractivity contribution in [2.24, 2.45) is 0 Å². The Morgan fingerprint density at radius 3 is 2.76 bits per heavy atom. The Morgan fingerprint density at radius 2 is 2.14 bits per heavy atom. The van der Waals surface area contributed by atoms with Gasteiger partial charge < -0.3 is 10.1 Å². The van der Waals surface area contributed by atoms with Crippen molar-refractivity contribution >= 4 is 17.7 Å². The Balaban J connectivity index is 2.45. The molecule has 118 valence electrons. The first-order valence-corrected chi connectivity index (χ1v) is 8.73. The summed E-state index contributed by atoms with van der Waals surface area (Å²) in [6.07, 6.45) is 0.774. The van der Waals surface area contributed by atoms with Gasteiger partial charge in [-0.2, -0.15) is 11.8 Å². The molecule has 0 aromatic heterocycles. The predicted molar refractivity (Wildman–Crippen MR) is 90.7 cm³/mol. The lowest BCUT2D eigenvalue weighted by Crippen LogP contribution is -2.50. The summed E-state index contributed by atoms with van der Waals surface area (Å²) in [6.45, 7) is 9.08. The van der Waals surface area contributed by atoms with E-state index in [1.165, 1.54) is 11.1 Å². The van der Waals surface area contributed by atoms with Gasteiger partial charge in [0.25, 0.3) is 0 Å². The van der Waals surface area contributed by atoms with E-state index in [-0.39, 0.29) is 5.97 Å². The van der Waals surface area contributed by atoms with Crippen LogP contribution in [-0.2, 0) is 15.3 Å². The van der Waals surface area contributed by atoms with Gasteiger partial charge in [-0.1, -0.05) is 36.8 Å². The lowest BCUT2D eigenvalue weighted by molar-refractivity contribution is -0.150. The molecule has 0 radical (unpaired) electrons. The van der Waals surface area contributed by atoms with Crippen molar-refractivity contribution in [1.82, 2.24) is 5.32 Å². The molecule has 1 atom stereocenters. The van der Waals surface area contributed by atoms with Crippen LogP contribution in [0.3, 0.4) is 0 Å². The molecule has 1 rings (SSSR count). The van der Waals surface area contributed by atoms with Crippen LogP contribution in [0.4, 0.5) is 0 Å². The Labute approximate surface area is 132 Å². The summed E-state index contributed by atoms with van der Waals surface area (Å²) in [7, 11) is 0. The van der Waals surface area contributed by atoms with Crippen molar-refractivity contribution < 1.29 is 9.53 Å². The van der Waals surface area contributed by atoms with E-state index in [9.17, 15) is 4.79 Å². The summed E-state index contributed by atoms with van der Waals surface area (Å²) in [6, 6.07) is 8.56. The molecular weight excluding hydrogens is 282 g/mol.